The number of carbonyl (C=O) groups is 1. The van der Waals surface area contributed by atoms with Crippen molar-refractivity contribution in [1.82, 2.24) is 4.90 Å². The minimum atomic E-state index is -1.01. The fourth-order valence-corrected chi connectivity index (χ4v) is 2.33. The van der Waals surface area contributed by atoms with Crippen LogP contribution in [0.4, 0.5) is 10.5 Å². The number of aryl methyl sites for hydroxylation is 1. The number of hydrogen-bond acceptors (Lipinski definition) is 2. The Labute approximate surface area is 94.9 Å². The van der Waals surface area contributed by atoms with Crippen LogP contribution in [0.2, 0.25) is 0 Å². The van der Waals surface area contributed by atoms with Crippen LogP contribution in [-0.2, 0) is 6.42 Å². The molecule has 0 heterocycles. The average molecular weight is 220 g/mol. The van der Waals surface area contributed by atoms with Crippen LogP contribution in [0.5, 0.6) is 0 Å². The molecule has 2 N–H and O–H groups in total. The largest absolute Gasteiger partial charge is 0.465 e. The van der Waals surface area contributed by atoms with Crippen molar-refractivity contribution in [3.05, 3.63) is 29.3 Å². The van der Waals surface area contributed by atoms with Gasteiger partial charge in [-0.25, -0.2) is 4.79 Å². The van der Waals surface area contributed by atoms with Crippen molar-refractivity contribution in [3.8, 4) is 0 Å². The lowest BCUT2D eigenvalue weighted by Crippen LogP contribution is -2.17. The van der Waals surface area contributed by atoms with E-state index >= 15 is 0 Å². The Kier molecular flexibility index (Phi) is 2.83. The predicted molar refractivity (Wildman–Crippen MR) is 62.8 cm³/mol. The first kappa shape index (κ1) is 11.0. The summed E-state index contributed by atoms with van der Waals surface area (Å²) in [5.41, 5.74) is 3.23. The van der Waals surface area contributed by atoms with E-state index in [4.69, 9.17) is 5.11 Å². The van der Waals surface area contributed by atoms with Gasteiger partial charge in [0.05, 0.1) is 0 Å². The molecule has 1 aromatic carbocycles. The van der Waals surface area contributed by atoms with Crippen LogP contribution in [0.3, 0.4) is 0 Å². The molecule has 0 saturated heterocycles. The number of hydrogen-bond donors (Lipinski definition) is 2. The molecule has 1 aromatic rings. The molecule has 0 saturated carbocycles. The monoisotopic (exact) mass is 220 g/mol. The maximum Gasteiger partial charge on any atom is 0.409 e. The summed E-state index contributed by atoms with van der Waals surface area (Å²) in [5.74, 6) is 0. The molecule has 4 nitrogen and oxygen atoms in total. The Hall–Kier alpha value is -1.55. The van der Waals surface area contributed by atoms with Crippen molar-refractivity contribution in [1.29, 1.82) is 0 Å². The molecule has 4 heteroatoms. The van der Waals surface area contributed by atoms with Gasteiger partial charge in [-0.1, -0.05) is 6.07 Å². The Morgan fingerprint density at radius 1 is 1.50 bits per heavy atom. The number of anilines is 1. The van der Waals surface area contributed by atoms with Crippen LogP contribution in [0.25, 0.3) is 0 Å². The zero-order valence-corrected chi connectivity index (χ0v) is 9.53. The fraction of sp³-hybridized carbons (Fsp3) is 0.417. The molecule has 86 valence electrons. The summed E-state index contributed by atoms with van der Waals surface area (Å²) in [4.78, 5) is 12.7. The summed E-state index contributed by atoms with van der Waals surface area (Å²) in [7, 11) is 4.15. The van der Waals surface area contributed by atoms with Crippen molar-refractivity contribution in [3.63, 3.8) is 0 Å². The van der Waals surface area contributed by atoms with Crippen LogP contribution < -0.4 is 5.32 Å². The summed E-state index contributed by atoms with van der Waals surface area (Å²) >= 11 is 0. The van der Waals surface area contributed by atoms with Gasteiger partial charge in [0.15, 0.2) is 0 Å². The Balaban J connectivity index is 2.25. The van der Waals surface area contributed by atoms with Gasteiger partial charge in [-0.05, 0) is 50.2 Å². The molecule has 0 radical (unpaired) electrons. The van der Waals surface area contributed by atoms with Crippen molar-refractivity contribution < 1.29 is 9.90 Å². The number of carboxylic acid groups (broad SMARTS) is 1. The minimum Gasteiger partial charge on any atom is -0.465 e. The summed E-state index contributed by atoms with van der Waals surface area (Å²) < 4.78 is 0. The van der Waals surface area contributed by atoms with Gasteiger partial charge in [-0.2, -0.15) is 0 Å². The highest BCUT2D eigenvalue weighted by Gasteiger charge is 2.24. The molecule has 0 spiro atoms. The Morgan fingerprint density at radius 3 is 2.88 bits per heavy atom. The molecular weight excluding hydrogens is 204 g/mol. The number of fused-ring (bicyclic) bond motifs is 1. The van der Waals surface area contributed by atoms with E-state index in [9.17, 15) is 4.79 Å². The van der Waals surface area contributed by atoms with Gasteiger partial charge < -0.3 is 10.0 Å². The van der Waals surface area contributed by atoms with Gasteiger partial charge in [0.2, 0.25) is 0 Å². The van der Waals surface area contributed by atoms with Crippen molar-refractivity contribution in [2.75, 3.05) is 19.4 Å². The van der Waals surface area contributed by atoms with Gasteiger partial charge in [-0.3, -0.25) is 5.32 Å². The first-order valence-electron chi connectivity index (χ1n) is 5.37. The third kappa shape index (κ3) is 2.02. The zero-order chi connectivity index (χ0) is 11.7. The number of nitrogens with zero attached hydrogens (tertiary/aromatic N) is 1. The fourth-order valence-electron chi connectivity index (χ4n) is 2.33. The smallest absolute Gasteiger partial charge is 0.409 e. The molecule has 16 heavy (non-hydrogen) atoms. The quantitative estimate of drug-likeness (QED) is 0.804. The lowest BCUT2D eigenvalue weighted by molar-refractivity contribution is 0.210. The van der Waals surface area contributed by atoms with Crippen LogP contribution in [-0.4, -0.2) is 30.2 Å². The van der Waals surface area contributed by atoms with E-state index in [2.05, 4.69) is 24.3 Å². The van der Waals surface area contributed by atoms with E-state index in [1.54, 1.807) is 0 Å². The van der Waals surface area contributed by atoms with E-state index in [0.29, 0.717) is 11.7 Å². The average Bonchev–Trinajstić information content (AvgIpc) is 2.59. The highest BCUT2D eigenvalue weighted by Crippen LogP contribution is 2.35. The standard InChI is InChI=1S/C12H16N2O2/c1-14(2)11-6-3-8-7-9(13-12(15)16)4-5-10(8)11/h4-5,7,11,13H,3,6H2,1-2H3,(H,15,16). The molecule has 1 aliphatic carbocycles. The van der Waals surface area contributed by atoms with Gasteiger partial charge >= 0.3 is 6.09 Å². The lowest BCUT2D eigenvalue weighted by Gasteiger charge is -2.20. The van der Waals surface area contributed by atoms with Gasteiger partial charge in [-0.15, -0.1) is 0 Å². The van der Waals surface area contributed by atoms with Crippen LogP contribution >= 0.6 is 0 Å². The minimum absolute atomic E-state index is 0.467. The SMILES string of the molecule is CN(C)C1CCc2cc(NC(=O)O)ccc21. The molecule has 1 amide bonds. The second kappa shape index (κ2) is 4.14. The van der Waals surface area contributed by atoms with Gasteiger partial charge in [0, 0.05) is 11.7 Å². The molecular formula is C12H16N2O2. The molecule has 0 aromatic heterocycles. The molecule has 0 aliphatic heterocycles. The molecule has 1 unspecified atom stereocenters. The van der Waals surface area contributed by atoms with Gasteiger partial charge in [0.25, 0.3) is 0 Å². The summed E-state index contributed by atoms with van der Waals surface area (Å²) in [6, 6.07) is 6.26. The second-order valence-electron chi connectivity index (χ2n) is 4.36. The Bertz CT molecular complexity index is 415. The molecule has 1 atom stereocenters. The third-order valence-electron chi connectivity index (χ3n) is 3.06. The van der Waals surface area contributed by atoms with E-state index < -0.39 is 6.09 Å². The van der Waals surface area contributed by atoms with E-state index in [0.717, 1.165) is 12.8 Å². The maximum atomic E-state index is 10.5. The molecule has 0 bridgehead atoms. The van der Waals surface area contributed by atoms with E-state index in [1.165, 1.54) is 11.1 Å². The number of amides is 1. The Morgan fingerprint density at radius 2 is 2.25 bits per heavy atom. The van der Waals surface area contributed by atoms with Crippen molar-refractivity contribution in [2.24, 2.45) is 0 Å². The first-order valence-corrected chi connectivity index (χ1v) is 5.37. The van der Waals surface area contributed by atoms with Crippen molar-refractivity contribution in [2.45, 2.75) is 18.9 Å². The molecule has 0 fully saturated rings. The molecule has 2 rings (SSSR count). The highest BCUT2D eigenvalue weighted by molar-refractivity contribution is 5.83. The van der Waals surface area contributed by atoms with Crippen LogP contribution in [0.1, 0.15) is 23.6 Å². The number of benzene rings is 1. The second-order valence-corrected chi connectivity index (χ2v) is 4.36. The van der Waals surface area contributed by atoms with E-state index in [-0.39, 0.29) is 0 Å². The van der Waals surface area contributed by atoms with Crippen molar-refractivity contribution >= 4 is 11.8 Å². The highest BCUT2D eigenvalue weighted by atomic mass is 16.4. The maximum absolute atomic E-state index is 10.5. The molecule has 1 aliphatic rings. The lowest BCUT2D eigenvalue weighted by atomic mass is 10.1. The van der Waals surface area contributed by atoms with Crippen LogP contribution in [0, 0.1) is 0 Å². The summed E-state index contributed by atoms with van der Waals surface area (Å²) in [6.07, 6.45) is 1.12. The predicted octanol–water partition coefficient (Wildman–Crippen LogP) is 2.33. The number of rotatable bonds is 2. The third-order valence-corrected chi connectivity index (χ3v) is 3.06. The summed E-state index contributed by atoms with van der Waals surface area (Å²) in [6.45, 7) is 0. The zero-order valence-electron chi connectivity index (χ0n) is 9.53. The van der Waals surface area contributed by atoms with Gasteiger partial charge in [0.1, 0.15) is 0 Å². The number of nitrogens with one attached hydrogen (secondary N) is 1. The topological polar surface area (TPSA) is 52.6 Å². The van der Waals surface area contributed by atoms with Crippen LogP contribution in [0.15, 0.2) is 18.2 Å². The van der Waals surface area contributed by atoms with E-state index in [1.807, 2.05) is 18.2 Å². The summed E-state index contributed by atoms with van der Waals surface area (Å²) in [5, 5.41) is 11.0. The first-order chi connectivity index (χ1) is 7.58. The normalized spacial score (nSPS) is 18.6.